The van der Waals surface area contributed by atoms with Crippen LogP contribution >= 0.6 is 22.6 Å². The Morgan fingerprint density at radius 3 is 2.83 bits per heavy atom. The second-order valence-corrected chi connectivity index (χ2v) is 6.61. The molecule has 0 radical (unpaired) electrons. The highest BCUT2D eigenvalue weighted by Crippen LogP contribution is 2.41. The molecule has 3 unspecified atom stereocenters. The molecule has 0 amide bonds. The average molecular weight is 436 g/mol. The van der Waals surface area contributed by atoms with Gasteiger partial charge < -0.3 is 5.11 Å². The van der Waals surface area contributed by atoms with Crippen molar-refractivity contribution in [1.82, 2.24) is 9.88 Å². The molecule has 128 valence electrons. The number of hydrogen-bond acceptors (Lipinski definition) is 3. The van der Waals surface area contributed by atoms with Gasteiger partial charge in [-0.15, -0.1) is 6.58 Å². The summed E-state index contributed by atoms with van der Waals surface area (Å²) in [5.74, 6) is 1.27. The molecule has 0 aliphatic carbocycles. The normalized spacial score (nSPS) is 29.6. The molecule has 3 nitrogen and oxygen atoms in total. The van der Waals surface area contributed by atoms with Crippen molar-refractivity contribution in [3.63, 3.8) is 0 Å². The summed E-state index contributed by atoms with van der Waals surface area (Å²) in [6.07, 6.45) is 5.76. The minimum Gasteiger partial charge on any atom is -0.387 e. The number of nitrogens with zero attached hydrogens (tertiary/aromatic N) is 2. The van der Waals surface area contributed by atoms with E-state index in [4.69, 9.17) is 0 Å². The molecule has 5 rings (SSSR count). The summed E-state index contributed by atoms with van der Waals surface area (Å²) in [7, 11) is 0. The molecule has 24 heavy (non-hydrogen) atoms. The van der Waals surface area contributed by atoms with Gasteiger partial charge in [0, 0.05) is 24.2 Å². The second kappa shape index (κ2) is 7.93. The highest BCUT2D eigenvalue weighted by atomic mass is 127. The third-order valence-corrected chi connectivity index (χ3v) is 5.52. The zero-order chi connectivity index (χ0) is 17.1. The average Bonchev–Trinajstić information content (AvgIpc) is 2.68. The molecular formula is C20H25IN2O. The Kier molecular flexibility index (Phi) is 5.89. The summed E-state index contributed by atoms with van der Waals surface area (Å²) in [5.41, 5.74) is 1.97. The Bertz CT molecular complexity index is 700. The summed E-state index contributed by atoms with van der Waals surface area (Å²) in [6, 6.07) is 10.3. The number of fused-ring (bicyclic) bond motifs is 4. The minimum absolute atomic E-state index is 0.223. The van der Waals surface area contributed by atoms with Crippen LogP contribution in [0.2, 0.25) is 0 Å². The highest BCUT2D eigenvalue weighted by molar-refractivity contribution is 14.1. The van der Waals surface area contributed by atoms with E-state index in [0.29, 0.717) is 11.8 Å². The standard InChI is InChI=1S/C19H22N2O.CH3I/c1-2-13-12-21-10-8-14(13)11-18(21)19(22)16-7-9-20-17-6-4-3-5-15(16)17;1-2/h2-7,9,13-14,18-19,22H,1,8,10-12H2;1H3/t13-,14?,18?,19+;/m0./s1. The monoisotopic (exact) mass is 436 g/mol. The lowest BCUT2D eigenvalue weighted by molar-refractivity contribution is -0.0444. The fourth-order valence-electron chi connectivity index (χ4n) is 4.29. The summed E-state index contributed by atoms with van der Waals surface area (Å²) in [4.78, 5) is 8.83. The molecule has 1 aromatic heterocycles. The van der Waals surface area contributed by atoms with Crippen LogP contribution in [0.25, 0.3) is 10.9 Å². The first-order chi connectivity index (χ1) is 11.8. The number of hydrogen-bond donors (Lipinski definition) is 1. The molecule has 2 bridgehead atoms. The zero-order valence-electron chi connectivity index (χ0n) is 14.1. The summed E-state index contributed by atoms with van der Waals surface area (Å²) >= 11 is 2.15. The van der Waals surface area contributed by atoms with Crippen LogP contribution in [-0.4, -0.2) is 39.1 Å². The lowest BCUT2D eigenvalue weighted by Gasteiger charge is -2.50. The number of rotatable bonds is 3. The molecule has 3 fully saturated rings. The number of aliphatic hydroxyl groups is 1. The Balaban J connectivity index is 0.000000815. The van der Waals surface area contributed by atoms with Gasteiger partial charge in [-0.2, -0.15) is 0 Å². The lowest BCUT2D eigenvalue weighted by atomic mass is 9.73. The molecule has 0 saturated carbocycles. The molecular weight excluding hydrogens is 411 g/mol. The van der Waals surface area contributed by atoms with E-state index in [1.165, 1.54) is 6.42 Å². The van der Waals surface area contributed by atoms with Gasteiger partial charge in [-0.1, -0.05) is 46.9 Å². The first-order valence-electron chi connectivity index (χ1n) is 8.54. The Morgan fingerprint density at radius 2 is 2.12 bits per heavy atom. The largest absolute Gasteiger partial charge is 0.387 e. The Labute approximate surface area is 157 Å². The van der Waals surface area contributed by atoms with Gasteiger partial charge in [0.2, 0.25) is 0 Å². The smallest absolute Gasteiger partial charge is 0.0952 e. The van der Waals surface area contributed by atoms with Gasteiger partial charge in [-0.3, -0.25) is 9.88 Å². The van der Waals surface area contributed by atoms with E-state index in [0.717, 1.165) is 36.0 Å². The predicted octanol–water partition coefficient (Wildman–Crippen LogP) is 4.22. The summed E-state index contributed by atoms with van der Waals surface area (Å²) in [6.45, 7) is 6.11. The van der Waals surface area contributed by atoms with E-state index in [2.05, 4.69) is 51.2 Å². The molecule has 3 aliphatic rings. The van der Waals surface area contributed by atoms with E-state index in [-0.39, 0.29) is 6.04 Å². The van der Waals surface area contributed by atoms with Crippen molar-refractivity contribution in [2.75, 3.05) is 18.0 Å². The van der Waals surface area contributed by atoms with Gasteiger partial charge in [0.25, 0.3) is 0 Å². The molecule has 0 spiro atoms. The van der Waals surface area contributed by atoms with Crippen molar-refractivity contribution in [3.8, 4) is 0 Å². The number of halogens is 1. The number of pyridine rings is 1. The number of aromatic nitrogens is 1. The Morgan fingerprint density at radius 1 is 1.33 bits per heavy atom. The van der Waals surface area contributed by atoms with Crippen LogP contribution in [0.1, 0.15) is 24.5 Å². The van der Waals surface area contributed by atoms with Crippen molar-refractivity contribution in [2.24, 2.45) is 11.8 Å². The molecule has 3 saturated heterocycles. The number of benzene rings is 1. The van der Waals surface area contributed by atoms with Gasteiger partial charge in [-0.05, 0) is 53.8 Å². The van der Waals surface area contributed by atoms with Gasteiger partial charge in [0.05, 0.1) is 11.6 Å². The first-order valence-corrected chi connectivity index (χ1v) is 10.7. The quantitative estimate of drug-likeness (QED) is 0.445. The van der Waals surface area contributed by atoms with Crippen LogP contribution in [0.4, 0.5) is 0 Å². The van der Waals surface area contributed by atoms with Crippen molar-refractivity contribution in [2.45, 2.75) is 25.0 Å². The minimum atomic E-state index is -0.443. The summed E-state index contributed by atoms with van der Waals surface area (Å²) in [5, 5.41) is 12.1. The first kappa shape index (κ1) is 17.8. The molecule has 5 atom stereocenters. The maximum Gasteiger partial charge on any atom is 0.0952 e. The third kappa shape index (κ3) is 3.24. The molecule has 1 aromatic carbocycles. The number of aliphatic hydroxyl groups excluding tert-OH is 1. The second-order valence-electron chi connectivity index (χ2n) is 6.61. The van der Waals surface area contributed by atoms with E-state index in [1.807, 2.05) is 35.4 Å². The fraction of sp³-hybridized carbons (Fsp3) is 0.450. The van der Waals surface area contributed by atoms with Crippen molar-refractivity contribution < 1.29 is 5.11 Å². The van der Waals surface area contributed by atoms with Crippen molar-refractivity contribution >= 4 is 33.5 Å². The highest BCUT2D eigenvalue weighted by Gasteiger charge is 2.42. The molecule has 1 N–H and O–H groups in total. The maximum absolute atomic E-state index is 11.0. The predicted molar refractivity (Wildman–Crippen MR) is 108 cm³/mol. The van der Waals surface area contributed by atoms with Crippen LogP contribution in [0, 0.1) is 11.8 Å². The molecule has 2 aromatic rings. The molecule has 4 heteroatoms. The summed E-state index contributed by atoms with van der Waals surface area (Å²) < 4.78 is 0. The molecule has 3 aliphatic heterocycles. The SMILES string of the molecule is C=C[C@H]1CN2CCC1CC2[C@H](O)c1ccnc2ccccc12.CI. The van der Waals surface area contributed by atoms with Gasteiger partial charge >= 0.3 is 0 Å². The van der Waals surface area contributed by atoms with Crippen LogP contribution in [0.5, 0.6) is 0 Å². The topological polar surface area (TPSA) is 36.4 Å². The molecule has 4 heterocycles. The van der Waals surface area contributed by atoms with Gasteiger partial charge in [-0.25, -0.2) is 0 Å². The van der Waals surface area contributed by atoms with Crippen LogP contribution in [0.15, 0.2) is 49.2 Å². The van der Waals surface area contributed by atoms with Crippen molar-refractivity contribution in [1.29, 1.82) is 0 Å². The van der Waals surface area contributed by atoms with Crippen molar-refractivity contribution in [3.05, 3.63) is 54.7 Å². The zero-order valence-corrected chi connectivity index (χ0v) is 16.3. The third-order valence-electron chi connectivity index (χ3n) is 5.52. The van der Waals surface area contributed by atoms with E-state index in [1.54, 1.807) is 0 Å². The van der Waals surface area contributed by atoms with Crippen LogP contribution in [-0.2, 0) is 0 Å². The van der Waals surface area contributed by atoms with E-state index >= 15 is 0 Å². The fourth-order valence-corrected chi connectivity index (χ4v) is 4.29. The number of para-hydroxylation sites is 1. The Hall–Kier alpha value is -0.980. The van der Waals surface area contributed by atoms with E-state index < -0.39 is 6.10 Å². The van der Waals surface area contributed by atoms with Crippen LogP contribution < -0.4 is 0 Å². The number of piperidine rings is 3. The van der Waals surface area contributed by atoms with Gasteiger partial charge in [0.15, 0.2) is 0 Å². The van der Waals surface area contributed by atoms with Crippen LogP contribution in [0.3, 0.4) is 0 Å². The van der Waals surface area contributed by atoms with E-state index in [9.17, 15) is 5.11 Å². The maximum atomic E-state index is 11.0. The number of alkyl halides is 1. The lowest BCUT2D eigenvalue weighted by Crippen LogP contribution is -2.54. The van der Waals surface area contributed by atoms with Gasteiger partial charge in [0.1, 0.15) is 0 Å².